The Kier molecular flexibility index (Phi) is 2.78. The molecule has 0 saturated carbocycles. The van der Waals surface area contributed by atoms with Crippen LogP contribution < -0.4 is 5.73 Å². The molecular formula is C14H11BrFN3. The van der Waals surface area contributed by atoms with E-state index in [1.54, 1.807) is 16.7 Å². The van der Waals surface area contributed by atoms with Crippen LogP contribution in [-0.2, 0) is 0 Å². The Morgan fingerprint density at radius 2 is 2.05 bits per heavy atom. The molecule has 0 aliphatic rings. The van der Waals surface area contributed by atoms with Crippen molar-refractivity contribution in [2.75, 3.05) is 5.73 Å². The largest absolute Gasteiger partial charge is 0.369 e. The van der Waals surface area contributed by atoms with Crippen molar-refractivity contribution >= 4 is 32.9 Å². The molecule has 5 heteroatoms. The molecule has 2 N–H and O–H groups in total. The number of hydrogen-bond acceptors (Lipinski definition) is 2. The van der Waals surface area contributed by atoms with Crippen LogP contribution in [-0.4, -0.2) is 9.55 Å². The van der Waals surface area contributed by atoms with Gasteiger partial charge in [0.1, 0.15) is 5.82 Å². The predicted octanol–water partition coefficient (Wildman–Crippen LogP) is 3.82. The Morgan fingerprint density at radius 3 is 2.79 bits per heavy atom. The maximum Gasteiger partial charge on any atom is 0.206 e. The van der Waals surface area contributed by atoms with Gasteiger partial charge in [-0.2, -0.15) is 0 Å². The number of fused-ring (bicyclic) bond motifs is 1. The zero-order chi connectivity index (χ0) is 13.6. The summed E-state index contributed by atoms with van der Waals surface area (Å²) in [6, 6.07) is 10.6. The summed E-state index contributed by atoms with van der Waals surface area (Å²) in [5.41, 5.74) is 8.95. The lowest BCUT2D eigenvalue weighted by molar-refractivity contribution is 0.619. The number of aryl methyl sites for hydroxylation is 1. The van der Waals surface area contributed by atoms with Gasteiger partial charge < -0.3 is 5.73 Å². The molecule has 0 amide bonds. The first kappa shape index (κ1) is 12.2. The number of nitrogen functional groups attached to an aromatic ring is 1. The summed E-state index contributed by atoms with van der Waals surface area (Å²) < 4.78 is 16.3. The molecule has 3 rings (SSSR count). The summed E-state index contributed by atoms with van der Waals surface area (Å²) >= 11 is 3.36. The molecule has 0 aliphatic heterocycles. The Hall–Kier alpha value is -1.88. The maximum atomic E-state index is 14.1. The second-order valence-corrected chi connectivity index (χ2v) is 5.22. The standard InChI is InChI=1S/C14H11BrFN3/c1-8-5-6-12-11(7-8)18-14(17)19(12)13-9(15)3-2-4-10(13)16/h2-7H,1H3,(H2,17,18). The van der Waals surface area contributed by atoms with Gasteiger partial charge in [-0.05, 0) is 52.7 Å². The molecule has 0 aliphatic carbocycles. The van der Waals surface area contributed by atoms with E-state index in [0.29, 0.717) is 10.2 Å². The topological polar surface area (TPSA) is 43.8 Å². The monoisotopic (exact) mass is 319 g/mol. The Balaban J connectivity index is 2.40. The highest BCUT2D eigenvalue weighted by atomic mass is 79.9. The molecule has 0 spiro atoms. The second-order valence-electron chi connectivity index (χ2n) is 4.37. The fraction of sp³-hybridized carbons (Fsp3) is 0.0714. The summed E-state index contributed by atoms with van der Waals surface area (Å²) in [5.74, 6) is -0.0765. The minimum atomic E-state index is -0.346. The van der Waals surface area contributed by atoms with Crippen LogP contribution in [0.25, 0.3) is 16.7 Å². The lowest BCUT2D eigenvalue weighted by Crippen LogP contribution is -2.03. The van der Waals surface area contributed by atoms with Gasteiger partial charge in [0.25, 0.3) is 0 Å². The zero-order valence-corrected chi connectivity index (χ0v) is 11.8. The number of imidazole rings is 1. The molecule has 1 heterocycles. The van der Waals surface area contributed by atoms with Gasteiger partial charge in [0.2, 0.25) is 5.95 Å². The van der Waals surface area contributed by atoms with Gasteiger partial charge in [0.15, 0.2) is 0 Å². The van der Waals surface area contributed by atoms with Crippen molar-refractivity contribution < 1.29 is 4.39 Å². The second kappa shape index (κ2) is 4.35. The van der Waals surface area contributed by atoms with E-state index in [-0.39, 0.29) is 11.8 Å². The van der Waals surface area contributed by atoms with E-state index in [1.807, 2.05) is 25.1 Å². The van der Waals surface area contributed by atoms with Crippen LogP contribution in [0.4, 0.5) is 10.3 Å². The van der Waals surface area contributed by atoms with Crippen LogP contribution in [0, 0.1) is 12.7 Å². The minimum absolute atomic E-state index is 0.270. The number of hydrogen-bond donors (Lipinski definition) is 1. The first-order chi connectivity index (χ1) is 9.08. The number of para-hydroxylation sites is 1. The van der Waals surface area contributed by atoms with E-state index in [1.165, 1.54) is 6.07 Å². The fourth-order valence-corrected chi connectivity index (χ4v) is 2.67. The highest BCUT2D eigenvalue weighted by molar-refractivity contribution is 9.10. The molecular weight excluding hydrogens is 309 g/mol. The number of rotatable bonds is 1. The van der Waals surface area contributed by atoms with Crippen molar-refractivity contribution in [3.05, 3.63) is 52.3 Å². The first-order valence-corrected chi connectivity index (χ1v) is 6.56. The third-order valence-corrected chi connectivity index (χ3v) is 3.64. The summed E-state index contributed by atoms with van der Waals surface area (Å²) in [6.45, 7) is 1.98. The normalized spacial score (nSPS) is 11.1. The van der Waals surface area contributed by atoms with Gasteiger partial charge in [-0.3, -0.25) is 4.57 Å². The van der Waals surface area contributed by atoms with E-state index in [4.69, 9.17) is 5.73 Å². The van der Waals surface area contributed by atoms with Gasteiger partial charge in [0.05, 0.1) is 16.7 Å². The first-order valence-electron chi connectivity index (χ1n) is 5.77. The van der Waals surface area contributed by atoms with Crippen molar-refractivity contribution in [1.82, 2.24) is 9.55 Å². The molecule has 0 atom stereocenters. The average molecular weight is 320 g/mol. The Labute approximate surface area is 118 Å². The van der Waals surface area contributed by atoms with Crippen molar-refractivity contribution in [1.29, 1.82) is 0 Å². The third-order valence-electron chi connectivity index (χ3n) is 3.00. The fourth-order valence-electron chi connectivity index (χ4n) is 2.15. The lowest BCUT2D eigenvalue weighted by atomic mass is 10.2. The molecule has 0 unspecified atom stereocenters. The van der Waals surface area contributed by atoms with E-state index < -0.39 is 0 Å². The highest BCUT2D eigenvalue weighted by Crippen LogP contribution is 2.30. The molecule has 0 bridgehead atoms. The van der Waals surface area contributed by atoms with Crippen LogP contribution in [0.1, 0.15) is 5.56 Å². The molecule has 2 aromatic carbocycles. The van der Waals surface area contributed by atoms with Crippen LogP contribution in [0.2, 0.25) is 0 Å². The molecule has 96 valence electrons. The van der Waals surface area contributed by atoms with Crippen molar-refractivity contribution in [3.63, 3.8) is 0 Å². The number of aromatic nitrogens is 2. The van der Waals surface area contributed by atoms with E-state index in [9.17, 15) is 4.39 Å². The van der Waals surface area contributed by atoms with Gasteiger partial charge in [-0.15, -0.1) is 0 Å². The zero-order valence-electron chi connectivity index (χ0n) is 10.2. The van der Waals surface area contributed by atoms with Crippen LogP contribution in [0.3, 0.4) is 0 Å². The smallest absolute Gasteiger partial charge is 0.206 e. The predicted molar refractivity (Wildman–Crippen MR) is 77.9 cm³/mol. The Bertz CT molecular complexity index is 759. The number of benzene rings is 2. The molecule has 0 fully saturated rings. The van der Waals surface area contributed by atoms with Gasteiger partial charge >= 0.3 is 0 Å². The van der Waals surface area contributed by atoms with E-state index >= 15 is 0 Å². The van der Waals surface area contributed by atoms with E-state index in [2.05, 4.69) is 20.9 Å². The lowest BCUT2D eigenvalue weighted by Gasteiger charge is -2.10. The van der Waals surface area contributed by atoms with Crippen molar-refractivity contribution in [2.45, 2.75) is 6.92 Å². The third kappa shape index (κ3) is 1.90. The number of anilines is 1. The van der Waals surface area contributed by atoms with E-state index in [0.717, 1.165) is 16.6 Å². The van der Waals surface area contributed by atoms with Gasteiger partial charge in [0, 0.05) is 4.47 Å². The van der Waals surface area contributed by atoms with Gasteiger partial charge in [-0.25, -0.2) is 9.37 Å². The summed E-state index contributed by atoms with van der Waals surface area (Å²) in [5, 5.41) is 0. The summed E-state index contributed by atoms with van der Waals surface area (Å²) in [6.07, 6.45) is 0. The SMILES string of the molecule is Cc1ccc2c(c1)nc(N)n2-c1c(F)cccc1Br. The molecule has 0 radical (unpaired) electrons. The van der Waals surface area contributed by atoms with Crippen molar-refractivity contribution in [3.8, 4) is 5.69 Å². The molecule has 3 aromatic rings. The van der Waals surface area contributed by atoms with Crippen molar-refractivity contribution in [2.24, 2.45) is 0 Å². The molecule has 19 heavy (non-hydrogen) atoms. The number of nitrogens with zero attached hydrogens (tertiary/aromatic N) is 2. The average Bonchev–Trinajstić information content (AvgIpc) is 2.65. The maximum absolute atomic E-state index is 14.1. The Morgan fingerprint density at radius 1 is 1.26 bits per heavy atom. The van der Waals surface area contributed by atoms with Crippen LogP contribution in [0.15, 0.2) is 40.9 Å². The quantitative estimate of drug-likeness (QED) is 0.741. The summed E-state index contributed by atoms with van der Waals surface area (Å²) in [7, 11) is 0. The highest BCUT2D eigenvalue weighted by Gasteiger charge is 2.15. The van der Waals surface area contributed by atoms with Gasteiger partial charge in [-0.1, -0.05) is 12.1 Å². The number of halogens is 2. The summed E-state index contributed by atoms with van der Waals surface area (Å²) in [4.78, 5) is 4.29. The number of nitrogens with two attached hydrogens (primary N) is 1. The minimum Gasteiger partial charge on any atom is -0.369 e. The molecule has 1 aromatic heterocycles. The molecule has 0 saturated heterocycles. The van der Waals surface area contributed by atoms with Crippen LogP contribution in [0.5, 0.6) is 0 Å². The molecule has 3 nitrogen and oxygen atoms in total. The van der Waals surface area contributed by atoms with Crippen LogP contribution >= 0.6 is 15.9 Å².